The van der Waals surface area contributed by atoms with E-state index in [0.29, 0.717) is 35.5 Å². The minimum atomic E-state index is -0.204. The Bertz CT molecular complexity index is 1480. The Hall–Kier alpha value is -4.08. The number of anilines is 2. The lowest BCUT2D eigenvalue weighted by Crippen LogP contribution is -2.49. The van der Waals surface area contributed by atoms with Crippen LogP contribution in [0.1, 0.15) is 5.56 Å². The molecule has 204 valence electrons. The van der Waals surface area contributed by atoms with Crippen molar-refractivity contribution in [2.45, 2.75) is 5.16 Å². The Morgan fingerprint density at radius 2 is 1.62 bits per heavy atom. The largest absolute Gasteiger partial charge is 0.368 e. The molecule has 40 heavy (non-hydrogen) atoms. The molecule has 1 fully saturated rings. The second kappa shape index (κ2) is 12.8. The van der Waals surface area contributed by atoms with E-state index in [4.69, 9.17) is 11.6 Å². The second-order valence-corrected chi connectivity index (χ2v) is 10.7. The van der Waals surface area contributed by atoms with Gasteiger partial charge in [0.05, 0.1) is 5.75 Å². The number of carbonyl (C=O) groups excluding carboxylic acids is 2. The number of halogens is 1. The summed E-state index contributed by atoms with van der Waals surface area (Å²) in [6, 6.07) is 24.9. The number of thioether (sulfide) groups is 1. The summed E-state index contributed by atoms with van der Waals surface area (Å²) in [5.74, 6) is 0.874. The molecular weight excluding hydrogens is 544 g/mol. The lowest BCUT2D eigenvalue weighted by molar-refractivity contribution is -0.128. The van der Waals surface area contributed by atoms with Gasteiger partial charge in [0.2, 0.25) is 11.8 Å². The number of carbonyl (C=O) groups is 2. The van der Waals surface area contributed by atoms with Crippen molar-refractivity contribution in [3.05, 3.63) is 95.5 Å². The fourth-order valence-electron chi connectivity index (χ4n) is 4.40. The van der Waals surface area contributed by atoms with Crippen LogP contribution < -0.4 is 10.2 Å². The Morgan fingerprint density at radius 3 is 2.33 bits per heavy atom. The zero-order chi connectivity index (χ0) is 27.9. The summed E-state index contributed by atoms with van der Waals surface area (Å²) in [6.45, 7) is 2.92. The third-order valence-electron chi connectivity index (χ3n) is 6.62. The predicted octanol–water partition coefficient (Wildman–Crippen LogP) is 5.23. The van der Waals surface area contributed by atoms with Crippen LogP contribution in [0.2, 0.25) is 5.02 Å². The van der Waals surface area contributed by atoms with E-state index in [1.165, 1.54) is 17.8 Å². The highest BCUT2D eigenvalue weighted by Crippen LogP contribution is 2.25. The number of hydrogen-bond donors (Lipinski definition) is 1. The number of piperazine rings is 1. The molecule has 1 aromatic heterocycles. The van der Waals surface area contributed by atoms with E-state index in [2.05, 4.69) is 20.4 Å². The van der Waals surface area contributed by atoms with Crippen molar-refractivity contribution in [2.75, 3.05) is 42.1 Å². The molecule has 2 amide bonds. The van der Waals surface area contributed by atoms with Gasteiger partial charge in [0.25, 0.3) is 0 Å². The highest BCUT2D eigenvalue weighted by molar-refractivity contribution is 7.99. The molecule has 0 atom stereocenters. The van der Waals surface area contributed by atoms with Crippen LogP contribution in [0.25, 0.3) is 17.5 Å². The lowest BCUT2D eigenvalue weighted by Gasteiger charge is -2.36. The van der Waals surface area contributed by atoms with Crippen molar-refractivity contribution in [2.24, 2.45) is 7.05 Å². The Kier molecular flexibility index (Phi) is 8.83. The third-order valence-corrected chi connectivity index (χ3v) is 7.88. The van der Waals surface area contributed by atoms with E-state index < -0.39 is 0 Å². The topological polar surface area (TPSA) is 83.4 Å². The summed E-state index contributed by atoms with van der Waals surface area (Å²) in [5, 5.41) is 12.9. The molecule has 1 N–H and O–H groups in total. The van der Waals surface area contributed by atoms with Gasteiger partial charge >= 0.3 is 0 Å². The minimum Gasteiger partial charge on any atom is -0.368 e. The molecular formula is C30H29ClN6O2S. The minimum absolute atomic E-state index is 0.0896. The first-order valence-corrected chi connectivity index (χ1v) is 14.3. The summed E-state index contributed by atoms with van der Waals surface area (Å²) in [6.07, 6.45) is 3.28. The van der Waals surface area contributed by atoms with Gasteiger partial charge in [-0.2, -0.15) is 0 Å². The number of rotatable bonds is 8. The van der Waals surface area contributed by atoms with Crippen LogP contribution in [0.4, 0.5) is 11.4 Å². The van der Waals surface area contributed by atoms with Crippen LogP contribution in [0.3, 0.4) is 0 Å². The second-order valence-electron chi connectivity index (χ2n) is 9.31. The van der Waals surface area contributed by atoms with E-state index in [1.54, 1.807) is 6.08 Å². The van der Waals surface area contributed by atoms with Crippen molar-refractivity contribution in [3.8, 4) is 11.4 Å². The number of hydrogen-bond acceptors (Lipinski definition) is 6. The van der Waals surface area contributed by atoms with Crippen LogP contribution in [0.15, 0.2) is 90.1 Å². The first-order valence-electron chi connectivity index (χ1n) is 12.9. The molecule has 0 spiro atoms. The maximum Gasteiger partial charge on any atom is 0.248 e. The van der Waals surface area contributed by atoms with Crippen molar-refractivity contribution in [1.29, 1.82) is 0 Å². The van der Waals surface area contributed by atoms with Crippen LogP contribution in [-0.4, -0.2) is 63.4 Å². The molecule has 0 unspecified atom stereocenters. The molecule has 1 aliphatic rings. The Morgan fingerprint density at radius 1 is 0.925 bits per heavy atom. The Labute approximate surface area is 242 Å². The summed E-state index contributed by atoms with van der Waals surface area (Å²) >= 11 is 7.38. The fraction of sp³-hybridized carbons (Fsp3) is 0.200. The summed E-state index contributed by atoms with van der Waals surface area (Å²) in [7, 11) is 1.89. The molecule has 0 bridgehead atoms. The summed E-state index contributed by atoms with van der Waals surface area (Å²) < 4.78 is 1.88. The van der Waals surface area contributed by atoms with E-state index in [-0.39, 0.29) is 11.8 Å². The number of benzene rings is 3. The van der Waals surface area contributed by atoms with E-state index >= 15 is 0 Å². The third kappa shape index (κ3) is 6.91. The van der Waals surface area contributed by atoms with Gasteiger partial charge in [0.15, 0.2) is 11.0 Å². The van der Waals surface area contributed by atoms with Gasteiger partial charge in [-0.05, 0) is 60.2 Å². The SMILES string of the molecule is Cn1c(SCC(=O)N2CCN(c3ccc(Cl)cc3)CC2)nnc1-c1ccc(NC(=O)C=Cc2ccccc2)cc1. The van der Waals surface area contributed by atoms with Crippen LogP contribution in [0.5, 0.6) is 0 Å². The molecule has 0 saturated carbocycles. The van der Waals surface area contributed by atoms with Crippen LogP contribution in [0, 0.1) is 0 Å². The number of aromatic nitrogens is 3. The quantitative estimate of drug-likeness (QED) is 0.230. The molecule has 3 aromatic carbocycles. The van der Waals surface area contributed by atoms with Gasteiger partial charge in [-0.25, -0.2) is 0 Å². The van der Waals surface area contributed by atoms with Gasteiger partial charge in [0, 0.05) is 61.3 Å². The predicted molar refractivity (Wildman–Crippen MR) is 162 cm³/mol. The molecule has 8 nitrogen and oxygen atoms in total. The number of amides is 2. The van der Waals surface area contributed by atoms with Gasteiger partial charge in [-0.3, -0.25) is 9.59 Å². The highest BCUT2D eigenvalue weighted by Gasteiger charge is 2.22. The van der Waals surface area contributed by atoms with E-state index in [9.17, 15) is 9.59 Å². The lowest BCUT2D eigenvalue weighted by atomic mass is 10.2. The van der Waals surface area contributed by atoms with Crippen LogP contribution in [-0.2, 0) is 16.6 Å². The first kappa shape index (κ1) is 27.5. The first-order chi connectivity index (χ1) is 19.5. The van der Waals surface area contributed by atoms with E-state index in [0.717, 1.165) is 34.9 Å². The van der Waals surface area contributed by atoms with Gasteiger partial charge in [0.1, 0.15) is 0 Å². The van der Waals surface area contributed by atoms with Gasteiger partial charge < -0.3 is 19.7 Å². The zero-order valence-corrected chi connectivity index (χ0v) is 23.6. The van der Waals surface area contributed by atoms with Crippen LogP contribution >= 0.6 is 23.4 Å². The Balaban J connectivity index is 1.11. The van der Waals surface area contributed by atoms with Gasteiger partial charge in [-0.15, -0.1) is 10.2 Å². The molecule has 0 aliphatic carbocycles. The van der Waals surface area contributed by atoms with Crippen molar-refractivity contribution in [3.63, 3.8) is 0 Å². The smallest absolute Gasteiger partial charge is 0.248 e. The molecule has 2 heterocycles. The summed E-state index contributed by atoms with van der Waals surface area (Å²) in [5.41, 5.74) is 3.63. The monoisotopic (exact) mass is 572 g/mol. The van der Waals surface area contributed by atoms with E-state index in [1.807, 2.05) is 95.4 Å². The highest BCUT2D eigenvalue weighted by atomic mass is 35.5. The van der Waals surface area contributed by atoms with Gasteiger partial charge in [-0.1, -0.05) is 53.7 Å². The maximum atomic E-state index is 12.9. The normalized spacial score (nSPS) is 13.6. The molecule has 1 aliphatic heterocycles. The zero-order valence-electron chi connectivity index (χ0n) is 22.0. The van der Waals surface area contributed by atoms with Crippen molar-refractivity contribution >= 4 is 52.6 Å². The van der Waals surface area contributed by atoms with Crippen molar-refractivity contribution < 1.29 is 9.59 Å². The average molecular weight is 573 g/mol. The molecule has 0 radical (unpaired) electrons. The standard InChI is InChI=1S/C30H29ClN6O2S/c1-35-29(23-8-12-25(13-9-23)32-27(38)16-7-22-5-3-2-4-6-22)33-34-30(35)40-21-28(39)37-19-17-36(18-20-37)26-14-10-24(31)11-15-26/h2-16H,17-21H2,1H3,(H,32,38). The fourth-order valence-corrected chi connectivity index (χ4v) is 5.34. The molecule has 10 heteroatoms. The molecule has 5 rings (SSSR count). The van der Waals surface area contributed by atoms with Crippen molar-refractivity contribution in [1.82, 2.24) is 19.7 Å². The summed E-state index contributed by atoms with van der Waals surface area (Å²) in [4.78, 5) is 29.3. The number of nitrogens with one attached hydrogen (secondary N) is 1. The molecule has 4 aromatic rings. The number of nitrogens with zero attached hydrogens (tertiary/aromatic N) is 5. The average Bonchev–Trinajstić information content (AvgIpc) is 3.36. The molecule has 1 saturated heterocycles. The maximum absolute atomic E-state index is 12.9.